The van der Waals surface area contributed by atoms with Crippen LogP contribution in [0.2, 0.25) is 0 Å². The molecule has 6 heteroatoms. The Kier molecular flexibility index (Phi) is 4.90. The van der Waals surface area contributed by atoms with Crippen LogP contribution in [0.1, 0.15) is 22.8 Å². The average molecular weight is 366 g/mol. The first-order chi connectivity index (χ1) is 12.8. The summed E-state index contributed by atoms with van der Waals surface area (Å²) in [6.07, 6.45) is 0. The van der Waals surface area contributed by atoms with Crippen LogP contribution in [0.25, 0.3) is 22.5 Å². The van der Waals surface area contributed by atoms with E-state index in [2.05, 4.69) is 5.10 Å². The van der Waals surface area contributed by atoms with E-state index in [1.165, 1.54) is 18.7 Å². The average Bonchev–Trinajstić information content (AvgIpc) is 3.09. The third-order valence-corrected chi connectivity index (χ3v) is 4.62. The summed E-state index contributed by atoms with van der Waals surface area (Å²) in [6, 6.07) is 10.7. The summed E-state index contributed by atoms with van der Waals surface area (Å²) in [6.45, 7) is 5.45. The maximum Gasteiger partial charge on any atom is 0.244 e. The molecule has 0 spiro atoms. The van der Waals surface area contributed by atoms with E-state index in [-0.39, 0.29) is 11.7 Å². The lowest BCUT2D eigenvalue weighted by Crippen LogP contribution is -2.09. The van der Waals surface area contributed by atoms with Crippen LogP contribution >= 0.6 is 0 Å². The smallest absolute Gasteiger partial charge is 0.244 e. The van der Waals surface area contributed by atoms with Gasteiger partial charge in [0.2, 0.25) is 5.91 Å². The van der Waals surface area contributed by atoms with Gasteiger partial charge in [-0.3, -0.25) is 4.79 Å². The third-order valence-electron chi connectivity index (χ3n) is 4.62. The van der Waals surface area contributed by atoms with Gasteiger partial charge in [-0.15, -0.1) is 0 Å². The first-order valence-corrected chi connectivity index (χ1v) is 8.49. The van der Waals surface area contributed by atoms with Gasteiger partial charge in [0, 0.05) is 18.1 Å². The van der Waals surface area contributed by atoms with Crippen molar-refractivity contribution in [2.45, 2.75) is 20.8 Å². The number of nitrogens with zero attached hydrogens (tertiary/aromatic N) is 2. The highest BCUT2D eigenvalue weighted by molar-refractivity contribution is 5.84. The van der Waals surface area contributed by atoms with Crippen LogP contribution in [0.3, 0.4) is 0 Å². The highest BCUT2D eigenvalue weighted by atomic mass is 16.5. The number of hydrogen-bond donors (Lipinski definition) is 1. The van der Waals surface area contributed by atoms with E-state index in [0.29, 0.717) is 22.7 Å². The lowest BCUT2D eigenvalue weighted by molar-refractivity contribution is 0.0923. The van der Waals surface area contributed by atoms with Crippen LogP contribution in [-0.4, -0.2) is 35.0 Å². The number of carbonyl (C=O) groups is 1. The van der Waals surface area contributed by atoms with Gasteiger partial charge in [-0.1, -0.05) is 0 Å². The van der Waals surface area contributed by atoms with Crippen LogP contribution in [0, 0.1) is 13.8 Å². The zero-order chi connectivity index (χ0) is 19.7. The van der Waals surface area contributed by atoms with Gasteiger partial charge in [0.05, 0.1) is 25.6 Å². The Labute approximate surface area is 158 Å². The molecule has 6 nitrogen and oxygen atoms in total. The minimum absolute atomic E-state index is 0.000650. The van der Waals surface area contributed by atoms with Gasteiger partial charge in [0.15, 0.2) is 11.5 Å². The maximum absolute atomic E-state index is 12.1. The molecule has 3 rings (SSSR count). The van der Waals surface area contributed by atoms with Gasteiger partial charge in [-0.25, -0.2) is 0 Å². The first-order valence-electron chi connectivity index (χ1n) is 8.49. The molecule has 3 aromatic rings. The molecule has 2 aromatic carbocycles. The molecule has 0 saturated heterocycles. The Hall–Kier alpha value is -3.28. The number of phenols is 1. The lowest BCUT2D eigenvalue weighted by atomic mass is 10.0. The van der Waals surface area contributed by atoms with Crippen molar-refractivity contribution in [1.82, 2.24) is 9.78 Å². The van der Waals surface area contributed by atoms with Gasteiger partial charge in [-0.2, -0.15) is 9.78 Å². The molecule has 0 aliphatic carbocycles. The lowest BCUT2D eigenvalue weighted by Gasteiger charge is -2.09. The van der Waals surface area contributed by atoms with Crippen LogP contribution in [0.4, 0.5) is 0 Å². The molecule has 0 aliphatic rings. The Morgan fingerprint density at radius 1 is 1.00 bits per heavy atom. The number of aromatic hydroxyl groups is 1. The first kappa shape index (κ1) is 18.5. The van der Waals surface area contributed by atoms with E-state index in [0.717, 1.165) is 22.4 Å². The highest BCUT2D eigenvalue weighted by Crippen LogP contribution is 2.35. The molecular weight excluding hydrogens is 344 g/mol. The van der Waals surface area contributed by atoms with E-state index >= 15 is 0 Å². The van der Waals surface area contributed by atoms with Crippen LogP contribution in [0.15, 0.2) is 36.4 Å². The fourth-order valence-corrected chi connectivity index (χ4v) is 3.00. The van der Waals surface area contributed by atoms with Gasteiger partial charge in [0.25, 0.3) is 0 Å². The Morgan fingerprint density at radius 3 is 2.30 bits per heavy atom. The number of carbonyl (C=O) groups excluding carboxylic acids is 1. The van der Waals surface area contributed by atoms with Crippen LogP contribution in [0.5, 0.6) is 17.2 Å². The Bertz CT molecular complexity index is 1020. The number of benzene rings is 2. The minimum Gasteiger partial charge on any atom is -0.504 e. The zero-order valence-corrected chi connectivity index (χ0v) is 16.0. The van der Waals surface area contributed by atoms with E-state index in [4.69, 9.17) is 9.47 Å². The topological polar surface area (TPSA) is 73.6 Å². The van der Waals surface area contributed by atoms with Crippen molar-refractivity contribution in [3.63, 3.8) is 0 Å². The SMILES string of the molecule is COc1ccc(-c2cc(-c3cc(C)c(C)c(OC)c3)nn2C(C)=O)cc1O. The van der Waals surface area contributed by atoms with Gasteiger partial charge in [0.1, 0.15) is 5.75 Å². The van der Waals surface area contributed by atoms with Crippen molar-refractivity contribution in [1.29, 1.82) is 0 Å². The molecule has 0 atom stereocenters. The number of aryl methyl sites for hydroxylation is 1. The maximum atomic E-state index is 12.1. The summed E-state index contributed by atoms with van der Waals surface area (Å²) in [4.78, 5) is 12.1. The monoisotopic (exact) mass is 366 g/mol. The molecule has 0 aliphatic heterocycles. The van der Waals surface area contributed by atoms with Crippen molar-refractivity contribution >= 4 is 5.91 Å². The standard InChI is InChI=1S/C21H22N2O4/c1-12-8-16(10-21(27-5)13(12)2)17-11-18(23(22-17)14(3)24)15-6-7-20(26-4)19(25)9-15/h6-11,25H,1-5H3. The molecule has 0 amide bonds. The Morgan fingerprint density at radius 2 is 1.70 bits per heavy atom. The number of aromatic nitrogens is 2. The molecule has 140 valence electrons. The molecule has 1 N–H and O–H groups in total. The quantitative estimate of drug-likeness (QED) is 0.748. The predicted octanol–water partition coefficient (Wildman–Crippen LogP) is 4.22. The number of phenolic OH excluding ortho intramolecular Hbond substituents is 1. The second kappa shape index (κ2) is 7.15. The summed E-state index contributed by atoms with van der Waals surface area (Å²) in [5.74, 6) is 0.917. The molecule has 27 heavy (non-hydrogen) atoms. The molecule has 0 saturated carbocycles. The van der Waals surface area contributed by atoms with Crippen LogP contribution < -0.4 is 9.47 Å². The number of methoxy groups -OCH3 is 2. The second-order valence-electron chi connectivity index (χ2n) is 6.35. The summed E-state index contributed by atoms with van der Waals surface area (Å²) in [5, 5.41) is 14.6. The number of rotatable bonds is 4. The van der Waals surface area contributed by atoms with Crippen molar-refractivity contribution in [2.75, 3.05) is 14.2 Å². The Balaban J connectivity index is 2.16. The molecule has 0 radical (unpaired) electrons. The van der Waals surface area contributed by atoms with Crippen molar-refractivity contribution < 1.29 is 19.4 Å². The summed E-state index contributed by atoms with van der Waals surface area (Å²) in [5.41, 5.74) is 4.90. The van der Waals surface area contributed by atoms with Crippen LogP contribution in [-0.2, 0) is 0 Å². The summed E-state index contributed by atoms with van der Waals surface area (Å²) < 4.78 is 11.9. The fourth-order valence-electron chi connectivity index (χ4n) is 3.00. The highest BCUT2D eigenvalue weighted by Gasteiger charge is 2.17. The number of ether oxygens (including phenoxy) is 2. The largest absolute Gasteiger partial charge is 0.504 e. The van der Waals surface area contributed by atoms with Gasteiger partial charge < -0.3 is 14.6 Å². The molecular formula is C21H22N2O4. The molecule has 0 fully saturated rings. The van der Waals surface area contributed by atoms with Gasteiger partial charge in [-0.05, 0) is 61.4 Å². The fraction of sp³-hybridized carbons (Fsp3) is 0.238. The number of hydrogen-bond acceptors (Lipinski definition) is 5. The zero-order valence-electron chi connectivity index (χ0n) is 16.0. The molecule has 1 heterocycles. The third kappa shape index (κ3) is 3.38. The molecule has 0 bridgehead atoms. The van der Waals surface area contributed by atoms with E-state index in [9.17, 15) is 9.90 Å². The normalized spacial score (nSPS) is 10.7. The minimum atomic E-state index is -0.220. The summed E-state index contributed by atoms with van der Waals surface area (Å²) >= 11 is 0. The van der Waals surface area contributed by atoms with Gasteiger partial charge >= 0.3 is 0 Å². The molecule has 0 unspecified atom stereocenters. The van der Waals surface area contributed by atoms with Crippen molar-refractivity contribution in [3.8, 4) is 39.8 Å². The predicted molar refractivity (Wildman–Crippen MR) is 104 cm³/mol. The second-order valence-corrected chi connectivity index (χ2v) is 6.35. The van der Waals surface area contributed by atoms with E-state index in [1.54, 1.807) is 25.3 Å². The van der Waals surface area contributed by atoms with E-state index < -0.39 is 0 Å². The van der Waals surface area contributed by atoms with Crippen molar-refractivity contribution in [2.24, 2.45) is 0 Å². The van der Waals surface area contributed by atoms with Crippen molar-refractivity contribution in [3.05, 3.63) is 47.5 Å². The summed E-state index contributed by atoms with van der Waals surface area (Å²) in [7, 11) is 3.12. The molecule has 1 aromatic heterocycles. The van der Waals surface area contributed by atoms with E-state index in [1.807, 2.05) is 32.0 Å².